The van der Waals surface area contributed by atoms with Crippen molar-refractivity contribution in [3.8, 4) is 0 Å². The fourth-order valence-electron chi connectivity index (χ4n) is 1.52. The second-order valence-corrected chi connectivity index (χ2v) is 4.37. The summed E-state index contributed by atoms with van der Waals surface area (Å²) in [4.78, 5) is 13.5. The van der Waals surface area contributed by atoms with Crippen LogP contribution < -0.4 is 10.5 Å². The molecule has 0 aromatic carbocycles. The molecule has 0 aliphatic carbocycles. The zero-order valence-electron chi connectivity index (χ0n) is 10.8. The van der Waals surface area contributed by atoms with Crippen molar-refractivity contribution >= 4 is 5.69 Å². The fraction of sp³-hybridized carbons (Fsp3) is 0.667. The van der Waals surface area contributed by atoms with Crippen LogP contribution in [0.4, 0.5) is 5.69 Å². The molecule has 1 aromatic rings. The van der Waals surface area contributed by atoms with E-state index in [-0.39, 0.29) is 11.7 Å². The van der Waals surface area contributed by atoms with Crippen molar-refractivity contribution in [3.63, 3.8) is 0 Å². The molecule has 0 aliphatic rings. The van der Waals surface area contributed by atoms with E-state index < -0.39 is 0 Å². The number of aryl methyl sites for hydroxylation is 1. The molecule has 0 saturated heterocycles. The van der Waals surface area contributed by atoms with Crippen LogP contribution in [-0.4, -0.2) is 35.1 Å². The zero-order valence-corrected chi connectivity index (χ0v) is 10.8. The van der Waals surface area contributed by atoms with Crippen LogP contribution in [-0.2, 0) is 6.54 Å². The third-order valence-electron chi connectivity index (χ3n) is 2.75. The lowest BCUT2D eigenvalue weighted by Crippen LogP contribution is -2.24. The number of rotatable bonds is 6. The normalized spacial score (nSPS) is 12.5. The van der Waals surface area contributed by atoms with Gasteiger partial charge in [0.1, 0.15) is 0 Å². The molecule has 96 valence electrons. The number of nitrogens with zero attached hydrogens (tertiary/aromatic N) is 3. The first-order valence-corrected chi connectivity index (χ1v) is 5.97. The van der Waals surface area contributed by atoms with Crippen LogP contribution >= 0.6 is 0 Å². The number of anilines is 1. The summed E-state index contributed by atoms with van der Waals surface area (Å²) in [5.41, 5.74) is 0.710. The lowest BCUT2D eigenvalue weighted by molar-refractivity contribution is 0.155. The first-order valence-electron chi connectivity index (χ1n) is 5.97. The van der Waals surface area contributed by atoms with Crippen molar-refractivity contribution in [1.29, 1.82) is 0 Å². The summed E-state index contributed by atoms with van der Waals surface area (Å²) in [6, 6.07) is 1.57. The monoisotopic (exact) mass is 239 g/mol. The summed E-state index contributed by atoms with van der Waals surface area (Å²) in [6.07, 6.45) is 3.63. The topological polar surface area (TPSA) is 58.4 Å². The SMILES string of the molecule is CCC(O)CCCn1ncc(N(C)C)cc1=O. The number of hydrogen-bond acceptors (Lipinski definition) is 4. The molecule has 1 rings (SSSR count). The van der Waals surface area contributed by atoms with Gasteiger partial charge < -0.3 is 10.0 Å². The van der Waals surface area contributed by atoms with E-state index in [1.165, 1.54) is 4.68 Å². The zero-order chi connectivity index (χ0) is 12.8. The smallest absolute Gasteiger partial charge is 0.268 e. The van der Waals surface area contributed by atoms with Crippen LogP contribution in [0.3, 0.4) is 0 Å². The predicted octanol–water partition coefficient (Wildman–Crippen LogP) is 0.860. The Morgan fingerprint density at radius 3 is 2.76 bits per heavy atom. The van der Waals surface area contributed by atoms with Crippen molar-refractivity contribution in [1.82, 2.24) is 9.78 Å². The van der Waals surface area contributed by atoms with E-state index in [0.717, 1.165) is 18.5 Å². The summed E-state index contributed by atoms with van der Waals surface area (Å²) in [5.74, 6) is 0. The van der Waals surface area contributed by atoms with Gasteiger partial charge >= 0.3 is 0 Å². The lowest BCUT2D eigenvalue weighted by Gasteiger charge is -2.12. The van der Waals surface area contributed by atoms with Crippen LogP contribution in [0, 0.1) is 0 Å². The maximum absolute atomic E-state index is 11.7. The molecule has 0 amide bonds. The van der Waals surface area contributed by atoms with E-state index in [4.69, 9.17) is 0 Å². The van der Waals surface area contributed by atoms with E-state index >= 15 is 0 Å². The molecule has 0 bridgehead atoms. The van der Waals surface area contributed by atoms with E-state index in [1.54, 1.807) is 12.3 Å². The fourth-order valence-corrected chi connectivity index (χ4v) is 1.52. The van der Waals surface area contributed by atoms with Gasteiger partial charge in [-0.25, -0.2) is 4.68 Å². The Labute approximate surface area is 102 Å². The van der Waals surface area contributed by atoms with Crippen molar-refractivity contribution in [2.24, 2.45) is 0 Å². The first kappa shape index (κ1) is 13.7. The Balaban J connectivity index is 2.58. The largest absolute Gasteiger partial charge is 0.393 e. The van der Waals surface area contributed by atoms with Gasteiger partial charge in [-0.15, -0.1) is 0 Å². The van der Waals surface area contributed by atoms with Crippen molar-refractivity contribution in [3.05, 3.63) is 22.6 Å². The number of aliphatic hydroxyl groups excluding tert-OH is 1. The third-order valence-corrected chi connectivity index (χ3v) is 2.75. The van der Waals surface area contributed by atoms with Gasteiger partial charge in [-0.05, 0) is 19.3 Å². The predicted molar refractivity (Wildman–Crippen MR) is 68.4 cm³/mol. The van der Waals surface area contributed by atoms with E-state index in [1.807, 2.05) is 25.9 Å². The summed E-state index contributed by atoms with van der Waals surface area (Å²) >= 11 is 0. The average Bonchev–Trinajstić information content (AvgIpc) is 2.30. The number of aliphatic hydroxyl groups is 1. The molecule has 5 nitrogen and oxygen atoms in total. The first-order chi connectivity index (χ1) is 8.04. The molecule has 0 fully saturated rings. The molecule has 1 unspecified atom stereocenters. The highest BCUT2D eigenvalue weighted by atomic mass is 16.3. The molecule has 0 saturated carbocycles. The Bertz CT molecular complexity index is 401. The van der Waals surface area contributed by atoms with Crippen LogP contribution in [0.15, 0.2) is 17.1 Å². The maximum Gasteiger partial charge on any atom is 0.268 e. The van der Waals surface area contributed by atoms with Gasteiger partial charge in [0.25, 0.3) is 5.56 Å². The van der Waals surface area contributed by atoms with E-state index in [9.17, 15) is 9.90 Å². The van der Waals surface area contributed by atoms with Gasteiger partial charge in [0.2, 0.25) is 0 Å². The average molecular weight is 239 g/mol. The number of hydrogen-bond donors (Lipinski definition) is 1. The standard InChI is InChI=1S/C12H21N3O2/c1-4-11(16)6-5-7-15-12(17)8-10(9-13-15)14(2)3/h8-9,11,16H,4-7H2,1-3H3. The molecule has 0 aliphatic heterocycles. The third kappa shape index (κ3) is 4.19. The Morgan fingerprint density at radius 2 is 2.24 bits per heavy atom. The van der Waals surface area contributed by atoms with Crippen molar-refractivity contribution < 1.29 is 5.11 Å². The van der Waals surface area contributed by atoms with Crippen LogP contribution in [0.2, 0.25) is 0 Å². The van der Waals surface area contributed by atoms with Crippen molar-refractivity contribution in [2.75, 3.05) is 19.0 Å². The maximum atomic E-state index is 11.7. The summed E-state index contributed by atoms with van der Waals surface area (Å²) < 4.78 is 1.44. The molecule has 1 heterocycles. The molecule has 0 radical (unpaired) electrons. The molecular weight excluding hydrogens is 218 g/mol. The Kier molecular flexibility index (Phi) is 5.15. The van der Waals surface area contributed by atoms with Crippen LogP contribution in [0.5, 0.6) is 0 Å². The van der Waals surface area contributed by atoms with Gasteiger partial charge in [0.15, 0.2) is 0 Å². The minimum atomic E-state index is -0.272. The molecule has 0 spiro atoms. The van der Waals surface area contributed by atoms with Gasteiger partial charge in [0, 0.05) is 26.7 Å². The summed E-state index contributed by atoms with van der Waals surface area (Å²) in [6.45, 7) is 2.50. The second kappa shape index (κ2) is 6.39. The Hall–Kier alpha value is -1.36. The van der Waals surface area contributed by atoms with Crippen molar-refractivity contribution in [2.45, 2.75) is 38.8 Å². The minimum Gasteiger partial charge on any atom is -0.393 e. The van der Waals surface area contributed by atoms with Crippen LogP contribution in [0.25, 0.3) is 0 Å². The van der Waals surface area contributed by atoms with Crippen LogP contribution in [0.1, 0.15) is 26.2 Å². The molecule has 1 N–H and O–H groups in total. The summed E-state index contributed by atoms with van der Waals surface area (Å²) in [5, 5.41) is 13.5. The van der Waals surface area contributed by atoms with Gasteiger partial charge in [-0.2, -0.15) is 5.10 Å². The van der Waals surface area contributed by atoms with Gasteiger partial charge in [0.05, 0.1) is 18.0 Å². The Morgan fingerprint density at radius 1 is 1.53 bits per heavy atom. The highest BCUT2D eigenvalue weighted by molar-refractivity contribution is 5.40. The molecular formula is C12H21N3O2. The van der Waals surface area contributed by atoms with E-state index in [2.05, 4.69) is 5.10 Å². The van der Waals surface area contributed by atoms with Gasteiger partial charge in [-0.3, -0.25) is 4.79 Å². The lowest BCUT2D eigenvalue weighted by atomic mass is 10.1. The highest BCUT2D eigenvalue weighted by Crippen LogP contribution is 2.05. The molecule has 1 atom stereocenters. The highest BCUT2D eigenvalue weighted by Gasteiger charge is 2.04. The second-order valence-electron chi connectivity index (χ2n) is 4.37. The van der Waals surface area contributed by atoms with Gasteiger partial charge in [-0.1, -0.05) is 6.92 Å². The van der Waals surface area contributed by atoms with E-state index in [0.29, 0.717) is 13.0 Å². The minimum absolute atomic E-state index is 0.0952. The quantitative estimate of drug-likeness (QED) is 0.800. The number of aromatic nitrogens is 2. The molecule has 17 heavy (non-hydrogen) atoms. The molecule has 1 aromatic heterocycles. The molecule has 5 heteroatoms. The summed E-state index contributed by atoms with van der Waals surface area (Å²) in [7, 11) is 3.75.